The minimum atomic E-state index is -0.179. The fourth-order valence-electron chi connectivity index (χ4n) is 1.62. The third-order valence-corrected chi connectivity index (χ3v) is 3.59. The van der Waals surface area contributed by atoms with Crippen molar-refractivity contribution in [3.63, 3.8) is 0 Å². The van der Waals surface area contributed by atoms with Crippen LogP contribution in [-0.4, -0.2) is 0 Å². The smallest absolute Gasteiger partial charge is 0.127 e. The summed E-state index contributed by atoms with van der Waals surface area (Å²) >= 11 is 6.73. The van der Waals surface area contributed by atoms with Crippen molar-refractivity contribution in [3.05, 3.63) is 68.4 Å². The molecule has 0 saturated heterocycles. The minimum Gasteiger partial charge on any atom is -0.309 e. The fraction of sp³-hybridized carbons (Fsp3) is 0.143. The Kier molecular flexibility index (Phi) is 4.92. The van der Waals surface area contributed by atoms with Crippen LogP contribution in [0.2, 0.25) is 0 Å². The average molecular weight is 373 g/mol. The lowest BCUT2D eigenvalue weighted by Crippen LogP contribution is -2.13. The SMILES string of the molecule is Fc1ccc(Br)cc1CNCc1ccc(Br)cc1. The lowest BCUT2D eigenvalue weighted by atomic mass is 10.2. The van der Waals surface area contributed by atoms with E-state index in [1.807, 2.05) is 24.3 Å². The molecular weight excluding hydrogens is 361 g/mol. The van der Waals surface area contributed by atoms with Crippen LogP contribution < -0.4 is 5.32 Å². The van der Waals surface area contributed by atoms with E-state index in [2.05, 4.69) is 37.2 Å². The molecule has 94 valence electrons. The van der Waals surface area contributed by atoms with E-state index >= 15 is 0 Å². The predicted molar refractivity (Wildman–Crippen MR) is 78.8 cm³/mol. The van der Waals surface area contributed by atoms with E-state index in [1.165, 1.54) is 11.6 Å². The predicted octanol–water partition coefficient (Wildman–Crippen LogP) is 4.64. The second-order valence-electron chi connectivity index (χ2n) is 3.97. The molecule has 0 atom stereocenters. The van der Waals surface area contributed by atoms with Gasteiger partial charge in [-0.05, 0) is 35.9 Å². The van der Waals surface area contributed by atoms with Crippen molar-refractivity contribution in [3.8, 4) is 0 Å². The van der Waals surface area contributed by atoms with Crippen molar-refractivity contribution >= 4 is 31.9 Å². The fourth-order valence-corrected chi connectivity index (χ4v) is 2.30. The first kappa shape index (κ1) is 13.7. The van der Waals surface area contributed by atoms with Crippen molar-refractivity contribution in [2.24, 2.45) is 0 Å². The quantitative estimate of drug-likeness (QED) is 0.824. The van der Waals surface area contributed by atoms with E-state index < -0.39 is 0 Å². The van der Waals surface area contributed by atoms with Crippen molar-refractivity contribution < 1.29 is 4.39 Å². The molecule has 0 saturated carbocycles. The highest BCUT2D eigenvalue weighted by Gasteiger charge is 2.02. The summed E-state index contributed by atoms with van der Waals surface area (Å²) in [5.41, 5.74) is 1.84. The van der Waals surface area contributed by atoms with Gasteiger partial charge in [0.05, 0.1) is 0 Å². The van der Waals surface area contributed by atoms with Gasteiger partial charge in [0.25, 0.3) is 0 Å². The summed E-state index contributed by atoms with van der Waals surface area (Å²) < 4.78 is 15.4. The standard InChI is InChI=1S/C14H12Br2FN/c15-12-3-1-10(2-4-12)8-18-9-11-7-13(16)5-6-14(11)17/h1-7,18H,8-9H2. The van der Waals surface area contributed by atoms with Gasteiger partial charge < -0.3 is 5.32 Å². The van der Waals surface area contributed by atoms with Crippen LogP contribution in [-0.2, 0) is 13.1 Å². The van der Waals surface area contributed by atoms with Gasteiger partial charge in [-0.25, -0.2) is 4.39 Å². The molecule has 4 heteroatoms. The monoisotopic (exact) mass is 371 g/mol. The molecule has 1 nitrogen and oxygen atoms in total. The molecule has 0 bridgehead atoms. The molecule has 0 heterocycles. The third kappa shape index (κ3) is 3.90. The van der Waals surface area contributed by atoms with Crippen molar-refractivity contribution in [1.29, 1.82) is 0 Å². The van der Waals surface area contributed by atoms with Crippen LogP contribution in [0.15, 0.2) is 51.4 Å². The summed E-state index contributed by atoms with van der Waals surface area (Å²) in [7, 11) is 0. The van der Waals surface area contributed by atoms with Crippen molar-refractivity contribution in [2.75, 3.05) is 0 Å². The molecule has 0 radical (unpaired) electrons. The van der Waals surface area contributed by atoms with Gasteiger partial charge in [-0.2, -0.15) is 0 Å². The first-order valence-electron chi connectivity index (χ1n) is 5.54. The van der Waals surface area contributed by atoms with E-state index in [1.54, 1.807) is 12.1 Å². The molecule has 0 spiro atoms. The average Bonchev–Trinajstić information content (AvgIpc) is 2.36. The summed E-state index contributed by atoms with van der Waals surface area (Å²) in [6.45, 7) is 1.24. The molecule has 0 aromatic heterocycles. The van der Waals surface area contributed by atoms with Crippen molar-refractivity contribution in [1.82, 2.24) is 5.32 Å². The molecule has 0 unspecified atom stereocenters. The maximum absolute atomic E-state index is 13.5. The van der Waals surface area contributed by atoms with Crippen LogP contribution >= 0.6 is 31.9 Å². The maximum atomic E-state index is 13.5. The Labute approximate surface area is 123 Å². The van der Waals surface area contributed by atoms with Gasteiger partial charge in [0.15, 0.2) is 0 Å². The summed E-state index contributed by atoms with van der Waals surface area (Å²) in [4.78, 5) is 0. The van der Waals surface area contributed by atoms with Gasteiger partial charge in [0.1, 0.15) is 5.82 Å². The molecule has 2 aromatic rings. The highest BCUT2D eigenvalue weighted by atomic mass is 79.9. The summed E-state index contributed by atoms with van der Waals surface area (Å²) in [6.07, 6.45) is 0. The topological polar surface area (TPSA) is 12.0 Å². The summed E-state index contributed by atoms with van der Waals surface area (Å²) in [5.74, 6) is -0.179. The Hall–Kier alpha value is -0.710. The van der Waals surface area contributed by atoms with Crippen LogP contribution in [0.4, 0.5) is 4.39 Å². The molecular formula is C14H12Br2FN. The number of benzene rings is 2. The first-order chi connectivity index (χ1) is 8.65. The molecule has 1 N–H and O–H groups in total. The van der Waals surface area contributed by atoms with E-state index in [9.17, 15) is 4.39 Å². The number of hydrogen-bond acceptors (Lipinski definition) is 1. The van der Waals surface area contributed by atoms with Crippen LogP contribution in [0.25, 0.3) is 0 Å². The molecule has 0 fully saturated rings. The van der Waals surface area contributed by atoms with E-state index in [4.69, 9.17) is 0 Å². The summed E-state index contributed by atoms with van der Waals surface area (Å²) in [6, 6.07) is 13.0. The van der Waals surface area contributed by atoms with E-state index in [-0.39, 0.29) is 5.82 Å². The number of rotatable bonds is 4. The second-order valence-corrected chi connectivity index (χ2v) is 5.80. The van der Waals surface area contributed by atoms with Gasteiger partial charge in [0.2, 0.25) is 0 Å². The molecule has 2 rings (SSSR count). The van der Waals surface area contributed by atoms with Crippen LogP contribution in [0.3, 0.4) is 0 Å². The van der Waals surface area contributed by atoms with E-state index in [0.29, 0.717) is 12.1 Å². The normalized spacial score (nSPS) is 10.6. The maximum Gasteiger partial charge on any atom is 0.127 e. The zero-order chi connectivity index (χ0) is 13.0. The van der Waals surface area contributed by atoms with Crippen LogP contribution in [0.1, 0.15) is 11.1 Å². The number of nitrogens with one attached hydrogen (secondary N) is 1. The minimum absolute atomic E-state index is 0.179. The largest absolute Gasteiger partial charge is 0.309 e. The Morgan fingerprint density at radius 1 is 0.889 bits per heavy atom. The molecule has 0 aliphatic carbocycles. The lowest BCUT2D eigenvalue weighted by molar-refractivity contribution is 0.587. The molecule has 0 aliphatic rings. The van der Waals surface area contributed by atoms with Gasteiger partial charge in [0, 0.05) is 27.6 Å². The van der Waals surface area contributed by atoms with Gasteiger partial charge in [-0.1, -0.05) is 44.0 Å². The zero-order valence-electron chi connectivity index (χ0n) is 9.59. The Bertz CT molecular complexity index is 526. The number of hydrogen-bond donors (Lipinski definition) is 1. The van der Waals surface area contributed by atoms with Crippen LogP contribution in [0, 0.1) is 5.82 Å². The molecule has 18 heavy (non-hydrogen) atoms. The van der Waals surface area contributed by atoms with Gasteiger partial charge in [-0.3, -0.25) is 0 Å². The van der Waals surface area contributed by atoms with Crippen molar-refractivity contribution in [2.45, 2.75) is 13.1 Å². The Balaban J connectivity index is 1.92. The number of halogens is 3. The first-order valence-corrected chi connectivity index (χ1v) is 7.13. The molecule has 0 amide bonds. The molecule has 0 aliphatic heterocycles. The highest BCUT2D eigenvalue weighted by Crippen LogP contribution is 2.15. The third-order valence-electron chi connectivity index (χ3n) is 2.57. The van der Waals surface area contributed by atoms with E-state index in [0.717, 1.165) is 15.5 Å². The van der Waals surface area contributed by atoms with Gasteiger partial charge in [-0.15, -0.1) is 0 Å². The lowest BCUT2D eigenvalue weighted by Gasteiger charge is -2.07. The Morgan fingerprint density at radius 2 is 1.56 bits per heavy atom. The molecule has 2 aromatic carbocycles. The summed E-state index contributed by atoms with van der Waals surface area (Å²) in [5, 5.41) is 3.23. The second kappa shape index (κ2) is 6.45. The Morgan fingerprint density at radius 3 is 2.28 bits per heavy atom. The zero-order valence-corrected chi connectivity index (χ0v) is 12.8. The van der Waals surface area contributed by atoms with Gasteiger partial charge >= 0.3 is 0 Å². The highest BCUT2D eigenvalue weighted by molar-refractivity contribution is 9.10. The van der Waals surface area contributed by atoms with Crippen LogP contribution in [0.5, 0.6) is 0 Å².